The molecule has 1 saturated heterocycles. The molecular weight excluding hydrogens is 465 g/mol. The van der Waals surface area contributed by atoms with Crippen molar-refractivity contribution in [2.45, 2.75) is 31.6 Å². The van der Waals surface area contributed by atoms with E-state index in [-0.39, 0.29) is 29.6 Å². The molecule has 1 saturated carbocycles. The van der Waals surface area contributed by atoms with Crippen LogP contribution in [0.2, 0.25) is 0 Å². The van der Waals surface area contributed by atoms with Crippen LogP contribution in [0.3, 0.4) is 0 Å². The topological polar surface area (TPSA) is 81.9 Å². The Morgan fingerprint density at radius 2 is 1.86 bits per heavy atom. The molecule has 0 bridgehead atoms. The SMILES string of the molecule is O=C(CC1CCS(=O)(=O)C1)c1ccc2c(-c3cccc(C4CC4)c3)cn(-c3ncc(F)cn3)c2c1. The molecule has 2 aliphatic rings. The normalized spacial score (nSPS) is 19.3. The minimum absolute atomic E-state index is 0.0717. The van der Waals surface area contributed by atoms with Crippen LogP contribution in [-0.2, 0) is 9.84 Å². The minimum atomic E-state index is -3.04. The second-order valence-corrected chi connectivity index (χ2v) is 11.9. The highest BCUT2D eigenvalue weighted by Gasteiger charge is 2.30. The van der Waals surface area contributed by atoms with E-state index in [1.165, 1.54) is 18.4 Å². The molecule has 0 spiro atoms. The Morgan fingerprint density at radius 1 is 1.06 bits per heavy atom. The van der Waals surface area contributed by atoms with Crippen molar-refractivity contribution in [3.05, 3.63) is 78.0 Å². The van der Waals surface area contributed by atoms with Gasteiger partial charge in [-0.1, -0.05) is 36.4 Å². The molecule has 1 aliphatic heterocycles. The van der Waals surface area contributed by atoms with Gasteiger partial charge in [0.15, 0.2) is 21.4 Å². The molecule has 2 aromatic carbocycles. The number of ketones is 1. The minimum Gasteiger partial charge on any atom is -0.294 e. The number of sulfone groups is 1. The molecule has 2 aromatic heterocycles. The number of aromatic nitrogens is 3. The zero-order chi connectivity index (χ0) is 24.2. The second kappa shape index (κ2) is 8.37. The van der Waals surface area contributed by atoms with Gasteiger partial charge in [0.25, 0.3) is 0 Å². The predicted octanol–water partition coefficient (Wildman–Crippen LogP) is 5.11. The number of Topliss-reactive ketones (excluding diaryl/α,β-unsaturated/α-hetero) is 1. The number of carbonyl (C=O) groups is 1. The third-order valence-corrected chi connectivity index (χ3v) is 8.83. The van der Waals surface area contributed by atoms with Crippen molar-refractivity contribution in [3.63, 3.8) is 0 Å². The molecule has 6 rings (SSSR count). The summed E-state index contributed by atoms with van der Waals surface area (Å²) in [6, 6.07) is 14.0. The fourth-order valence-corrected chi connectivity index (χ4v) is 6.88. The van der Waals surface area contributed by atoms with E-state index in [4.69, 9.17) is 0 Å². The largest absolute Gasteiger partial charge is 0.294 e. The van der Waals surface area contributed by atoms with Crippen molar-refractivity contribution in [2.24, 2.45) is 5.92 Å². The van der Waals surface area contributed by atoms with E-state index >= 15 is 0 Å². The van der Waals surface area contributed by atoms with Crippen molar-refractivity contribution >= 4 is 26.5 Å². The lowest BCUT2D eigenvalue weighted by molar-refractivity contribution is 0.0966. The molecule has 178 valence electrons. The molecule has 0 N–H and O–H groups in total. The Kier molecular flexibility index (Phi) is 5.29. The van der Waals surface area contributed by atoms with Gasteiger partial charge in [0.05, 0.1) is 29.4 Å². The highest BCUT2D eigenvalue weighted by atomic mass is 32.2. The monoisotopic (exact) mass is 489 g/mol. The Balaban J connectivity index is 1.43. The molecule has 0 radical (unpaired) electrons. The Hall–Kier alpha value is -3.39. The van der Waals surface area contributed by atoms with Crippen LogP contribution < -0.4 is 0 Å². The maximum Gasteiger partial charge on any atom is 0.234 e. The van der Waals surface area contributed by atoms with Gasteiger partial charge in [0.1, 0.15) is 0 Å². The summed E-state index contributed by atoms with van der Waals surface area (Å²) in [7, 11) is -3.04. The smallest absolute Gasteiger partial charge is 0.234 e. The number of rotatable bonds is 6. The maximum absolute atomic E-state index is 13.5. The summed E-state index contributed by atoms with van der Waals surface area (Å²) in [6.45, 7) is 0. The predicted molar refractivity (Wildman–Crippen MR) is 132 cm³/mol. The van der Waals surface area contributed by atoms with Gasteiger partial charge in [-0.3, -0.25) is 9.36 Å². The van der Waals surface area contributed by atoms with Gasteiger partial charge in [-0.2, -0.15) is 0 Å². The van der Waals surface area contributed by atoms with E-state index in [0.29, 0.717) is 23.9 Å². The summed E-state index contributed by atoms with van der Waals surface area (Å²) in [6.07, 6.45) is 7.33. The number of benzene rings is 2. The van der Waals surface area contributed by atoms with Crippen LogP contribution in [0.5, 0.6) is 0 Å². The fraction of sp³-hybridized carbons (Fsp3) is 0.296. The molecule has 1 atom stereocenters. The molecule has 1 unspecified atom stereocenters. The zero-order valence-electron chi connectivity index (χ0n) is 19.0. The van der Waals surface area contributed by atoms with Crippen LogP contribution in [0.25, 0.3) is 28.0 Å². The number of carbonyl (C=O) groups excluding carboxylic acids is 1. The number of nitrogens with zero attached hydrogens (tertiary/aromatic N) is 3. The third kappa shape index (κ3) is 4.38. The quantitative estimate of drug-likeness (QED) is 0.352. The van der Waals surface area contributed by atoms with Gasteiger partial charge in [-0.05, 0) is 48.3 Å². The van der Waals surface area contributed by atoms with Crippen LogP contribution >= 0.6 is 0 Å². The van der Waals surface area contributed by atoms with E-state index < -0.39 is 15.7 Å². The Labute approximate surface area is 202 Å². The van der Waals surface area contributed by atoms with Gasteiger partial charge in [0.2, 0.25) is 5.95 Å². The summed E-state index contributed by atoms with van der Waals surface area (Å²) >= 11 is 0. The first-order valence-electron chi connectivity index (χ1n) is 11.8. The molecule has 3 heterocycles. The summed E-state index contributed by atoms with van der Waals surface area (Å²) in [5.41, 5.74) is 4.63. The van der Waals surface area contributed by atoms with Crippen molar-refractivity contribution in [3.8, 4) is 17.1 Å². The van der Waals surface area contributed by atoms with Gasteiger partial charge >= 0.3 is 0 Å². The van der Waals surface area contributed by atoms with E-state index in [1.807, 2.05) is 18.3 Å². The van der Waals surface area contributed by atoms with Crippen molar-refractivity contribution in [2.75, 3.05) is 11.5 Å². The van der Waals surface area contributed by atoms with Gasteiger partial charge < -0.3 is 0 Å². The number of hydrogen-bond donors (Lipinski definition) is 0. The molecule has 4 aromatic rings. The average molecular weight is 490 g/mol. The van der Waals surface area contributed by atoms with E-state index in [0.717, 1.165) is 34.4 Å². The van der Waals surface area contributed by atoms with E-state index in [2.05, 4.69) is 34.2 Å². The Morgan fingerprint density at radius 3 is 2.57 bits per heavy atom. The number of fused-ring (bicyclic) bond motifs is 1. The van der Waals surface area contributed by atoms with Crippen LogP contribution in [0.1, 0.15) is 47.5 Å². The van der Waals surface area contributed by atoms with Crippen LogP contribution in [0.4, 0.5) is 4.39 Å². The summed E-state index contributed by atoms with van der Waals surface area (Å²) < 4.78 is 38.9. The standard InChI is InChI=1S/C27H24FN3O3S/c28-22-13-29-27(30-14-22)31-15-24(20-3-1-2-19(11-20)18-4-5-18)23-7-6-21(12-25(23)31)26(32)10-17-8-9-35(33,34)16-17/h1-3,6-7,11-15,17-18H,4-5,8-10,16H2. The lowest BCUT2D eigenvalue weighted by Crippen LogP contribution is -2.11. The van der Waals surface area contributed by atoms with Gasteiger partial charge in [-0.25, -0.2) is 22.8 Å². The molecule has 1 aliphatic carbocycles. The van der Waals surface area contributed by atoms with Crippen LogP contribution in [0, 0.1) is 11.7 Å². The molecule has 8 heteroatoms. The van der Waals surface area contributed by atoms with Gasteiger partial charge in [0, 0.05) is 29.1 Å². The molecule has 35 heavy (non-hydrogen) atoms. The summed E-state index contributed by atoms with van der Waals surface area (Å²) in [4.78, 5) is 21.4. The molecule has 2 fully saturated rings. The average Bonchev–Trinajstić information content (AvgIpc) is 3.55. The lowest BCUT2D eigenvalue weighted by Gasteiger charge is -2.08. The summed E-state index contributed by atoms with van der Waals surface area (Å²) in [5.74, 6) is 0.403. The Bertz CT molecular complexity index is 1560. The van der Waals surface area contributed by atoms with Crippen molar-refractivity contribution < 1.29 is 17.6 Å². The maximum atomic E-state index is 13.5. The zero-order valence-corrected chi connectivity index (χ0v) is 19.8. The molecule has 6 nitrogen and oxygen atoms in total. The highest BCUT2D eigenvalue weighted by Crippen LogP contribution is 2.42. The van der Waals surface area contributed by atoms with Crippen LogP contribution in [0.15, 0.2) is 61.1 Å². The fourth-order valence-electron chi connectivity index (χ4n) is 5.02. The first kappa shape index (κ1) is 22.1. The number of halogens is 1. The van der Waals surface area contributed by atoms with E-state index in [9.17, 15) is 17.6 Å². The first-order valence-corrected chi connectivity index (χ1v) is 13.7. The van der Waals surface area contributed by atoms with Gasteiger partial charge in [-0.15, -0.1) is 0 Å². The number of hydrogen-bond acceptors (Lipinski definition) is 5. The lowest BCUT2D eigenvalue weighted by atomic mass is 9.96. The van der Waals surface area contributed by atoms with Crippen LogP contribution in [-0.4, -0.2) is 40.2 Å². The summed E-state index contributed by atoms with van der Waals surface area (Å²) in [5, 5.41) is 0.936. The van der Waals surface area contributed by atoms with E-state index in [1.54, 1.807) is 10.6 Å². The highest BCUT2D eigenvalue weighted by molar-refractivity contribution is 7.91. The molecule has 0 amide bonds. The third-order valence-electron chi connectivity index (χ3n) is 7.00. The van der Waals surface area contributed by atoms with Crippen molar-refractivity contribution in [1.82, 2.24) is 14.5 Å². The van der Waals surface area contributed by atoms with Crippen molar-refractivity contribution in [1.29, 1.82) is 0 Å². The molecular formula is C27H24FN3O3S. The second-order valence-electron chi connectivity index (χ2n) is 9.64. The first-order chi connectivity index (χ1) is 16.9.